The average molecular weight is 324 g/mol. The molecular formula is C17H28N2O4. The molecule has 1 aromatic rings. The molecule has 0 spiro atoms. The molecule has 0 bridgehead atoms. The molecule has 0 radical (unpaired) electrons. The summed E-state index contributed by atoms with van der Waals surface area (Å²) in [4.78, 5) is 20.2. The van der Waals surface area contributed by atoms with Crippen LogP contribution in [0.2, 0.25) is 0 Å². The predicted octanol–water partition coefficient (Wildman–Crippen LogP) is 2.85. The lowest BCUT2D eigenvalue weighted by atomic mass is 9.92. The van der Waals surface area contributed by atoms with Gasteiger partial charge in [-0.2, -0.15) is 0 Å². The first-order valence-corrected chi connectivity index (χ1v) is 7.65. The number of nitrogens with two attached hydrogens (primary N) is 1. The molecular weight excluding hydrogens is 296 g/mol. The first-order valence-electron chi connectivity index (χ1n) is 7.65. The van der Waals surface area contributed by atoms with Crippen molar-refractivity contribution in [1.29, 1.82) is 0 Å². The fourth-order valence-corrected chi connectivity index (χ4v) is 2.00. The Labute approximate surface area is 137 Å². The number of anilines is 1. The zero-order chi connectivity index (χ0) is 18.2. The maximum absolute atomic E-state index is 11.0. The van der Waals surface area contributed by atoms with Gasteiger partial charge in [-0.1, -0.05) is 45.9 Å². The van der Waals surface area contributed by atoms with E-state index in [1.807, 2.05) is 6.07 Å². The minimum Gasteiger partial charge on any atom is -0.480 e. The van der Waals surface area contributed by atoms with E-state index in [9.17, 15) is 9.59 Å². The van der Waals surface area contributed by atoms with Crippen molar-refractivity contribution in [2.75, 3.05) is 11.9 Å². The molecule has 1 rings (SSSR count). The molecule has 1 atom stereocenters. The SMILES string of the molecule is CC(C)c1cccc(C(C)C)c1N[C@@H](C)C(=O)O.NCC(=O)O. The third-order valence-electron chi connectivity index (χ3n) is 3.28. The fraction of sp³-hybridized carbons (Fsp3) is 0.529. The fourth-order valence-electron chi connectivity index (χ4n) is 2.00. The van der Waals surface area contributed by atoms with Crippen LogP contribution in [0, 0.1) is 0 Å². The molecule has 0 saturated carbocycles. The lowest BCUT2D eigenvalue weighted by Gasteiger charge is -2.22. The van der Waals surface area contributed by atoms with Crippen LogP contribution in [0.4, 0.5) is 5.69 Å². The summed E-state index contributed by atoms with van der Waals surface area (Å²) in [6.07, 6.45) is 0. The van der Waals surface area contributed by atoms with Crippen LogP contribution in [0.25, 0.3) is 0 Å². The predicted molar refractivity (Wildman–Crippen MR) is 92.0 cm³/mol. The second-order valence-electron chi connectivity index (χ2n) is 5.92. The highest BCUT2D eigenvalue weighted by atomic mass is 16.4. The van der Waals surface area contributed by atoms with Gasteiger partial charge in [-0.15, -0.1) is 0 Å². The number of aliphatic carboxylic acids is 2. The summed E-state index contributed by atoms with van der Waals surface area (Å²) in [5.41, 5.74) is 7.91. The van der Waals surface area contributed by atoms with Gasteiger partial charge in [0.1, 0.15) is 6.04 Å². The van der Waals surface area contributed by atoms with Gasteiger partial charge in [0, 0.05) is 5.69 Å². The highest BCUT2D eigenvalue weighted by Crippen LogP contribution is 2.32. The second-order valence-corrected chi connectivity index (χ2v) is 5.92. The Morgan fingerprint density at radius 3 is 1.70 bits per heavy atom. The smallest absolute Gasteiger partial charge is 0.325 e. The zero-order valence-corrected chi connectivity index (χ0v) is 14.5. The molecule has 23 heavy (non-hydrogen) atoms. The van der Waals surface area contributed by atoms with Gasteiger partial charge in [0.05, 0.1) is 6.54 Å². The van der Waals surface area contributed by atoms with E-state index >= 15 is 0 Å². The Morgan fingerprint density at radius 2 is 1.43 bits per heavy atom. The van der Waals surface area contributed by atoms with E-state index in [-0.39, 0.29) is 6.54 Å². The van der Waals surface area contributed by atoms with Crippen LogP contribution in [-0.2, 0) is 9.59 Å². The van der Waals surface area contributed by atoms with E-state index in [1.54, 1.807) is 6.92 Å². The van der Waals surface area contributed by atoms with E-state index in [2.05, 4.69) is 50.9 Å². The third-order valence-corrected chi connectivity index (χ3v) is 3.28. The molecule has 1 aromatic carbocycles. The van der Waals surface area contributed by atoms with E-state index in [0.29, 0.717) is 11.8 Å². The summed E-state index contributed by atoms with van der Waals surface area (Å²) in [7, 11) is 0. The van der Waals surface area contributed by atoms with Crippen molar-refractivity contribution in [2.45, 2.75) is 52.5 Å². The molecule has 0 aliphatic carbocycles. The first-order chi connectivity index (χ1) is 10.6. The zero-order valence-electron chi connectivity index (χ0n) is 14.5. The highest BCUT2D eigenvalue weighted by molar-refractivity contribution is 5.78. The highest BCUT2D eigenvalue weighted by Gasteiger charge is 2.18. The minimum absolute atomic E-state index is 0.278. The van der Waals surface area contributed by atoms with Gasteiger partial charge in [0.2, 0.25) is 0 Å². The summed E-state index contributed by atoms with van der Waals surface area (Å²) < 4.78 is 0. The minimum atomic E-state index is -0.968. The maximum Gasteiger partial charge on any atom is 0.325 e. The van der Waals surface area contributed by atoms with E-state index in [4.69, 9.17) is 10.2 Å². The van der Waals surface area contributed by atoms with Crippen molar-refractivity contribution in [3.8, 4) is 0 Å². The van der Waals surface area contributed by atoms with Gasteiger partial charge >= 0.3 is 11.9 Å². The van der Waals surface area contributed by atoms with Crippen molar-refractivity contribution in [3.63, 3.8) is 0 Å². The number of benzene rings is 1. The molecule has 5 N–H and O–H groups in total. The number of carboxylic acid groups (broad SMARTS) is 2. The molecule has 0 heterocycles. The number of carbonyl (C=O) groups is 2. The summed E-state index contributed by atoms with van der Waals surface area (Å²) in [6.45, 7) is 9.88. The monoisotopic (exact) mass is 324 g/mol. The molecule has 0 aliphatic heterocycles. The quantitative estimate of drug-likeness (QED) is 0.640. The Hall–Kier alpha value is -2.08. The van der Waals surface area contributed by atoms with Gasteiger partial charge in [-0.05, 0) is 29.9 Å². The number of para-hydroxylation sites is 1. The van der Waals surface area contributed by atoms with Crippen molar-refractivity contribution in [1.82, 2.24) is 0 Å². The average Bonchev–Trinajstić information content (AvgIpc) is 2.47. The number of rotatable bonds is 6. The lowest BCUT2D eigenvalue weighted by Crippen LogP contribution is -2.27. The van der Waals surface area contributed by atoms with Crippen LogP contribution in [0.3, 0.4) is 0 Å². The van der Waals surface area contributed by atoms with Gasteiger partial charge < -0.3 is 21.3 Å². The van der Waals surface area contributed by atoms with Crippen LogP contribution < -0.4 is 11.1 Å². The number of nitrogens with one attached hydrogen (secondary N) is 1. The molecule has 0 aromatic heterocycles. The summed E-state index contributed by atoms with van der Waals surface area (Å²) >= 11 is 0. The molecule has 0 aliphatic rings. The maximum atomic E-state index is 11.0. The van der Waals surface area contributed by atoms with E-state index in [0.717, 1.165) is 5.69 Å². The van der Waals surface area contributed by atoms with Crippen LogP contribution in [0.15, 0.2) is 18.2 Å². The van der Waals surface area contributed by atoms with Crippen LogP contribution >= 0.6 is 0 Å². The summed E-state index contributed by atoms with van der Waals surface area (Å²) in [5.74, 6) is -1.06. The van der Waals surface area contributed by atoms with Crippen LogP contribution in [0.5, 0.6) is 0 Å². The molecule has 130 valence electrons. The molecule has 6 nitrogen and oxygen atoms in total. The number of hydrogen-bond acceptors (Lipinski definition) is 4. The van der Waals surface area contributed by atoms with E-state index < -0.39 is 18.0 Å². The van der Waals surface area contributed by atoms with Gasteiger partial charge in [0.15, 0.2) is 0 Å². The summed E-state index contributed by atoms with van der Waals surface area (Å²) in [5, 5.41) is 19.8. The lowest BCUT2D eigenvalue weighted by molar-refractivity contribution is -0.137. The van der Waals surface area contributed by atoms with Crippen molar-refractivity contribution < 1.29 is 19.8 Å². The number of carboxylic acids is 2. The molecule has 0 unspecified atom stereocenters. The van der Waals surface area contributed by atoms with Crippen LogP contribution in [0.1, 0.15) is 57.6 Å². The van der Waals surface area contributed by atoms with Gasteiger partial charge in [-0.3, -0.25) is 9.59 Å². The molecule has 6 heteroatoms. The molecule has 0 fully saturated rings. The first kappa shape index (κ1) is 20.9. The van der Waals surface area contributed by atoms with E-state index in [1.165, 1.54) is 11.1 Å². The number of hydrogen-bond donors (Lipinski definition) is 4. The second kappa shape index (κ2) is 9.84. The standard InChI is InChI=1S/C15H23NO2.C2H5NO2/c1-9(2)12-7-6-8-13(10(3)4)14(12)16-11(5)15(17)18;3-1-2(4)5/h6-11,16H,1-5H3,(H,17,18);1,3H2,(H,4,5)/t11-;/m0./s1. The Balaban J connectivity index is 0.000000841. The Morgan fingerprint density at radius 1 is 1.04 bits per heavy atom. The molecule has 0 saturated heterocycles. The topological polar surface area (TPSA) is 113 Å². The molecule has 0 amide bonds. The largest absolute Gasteiger partial charge is 0.480 e. The Bertz CT molecular complexity index is 501. The normalized spacial score (nSPS) is 11.7. The van der Waals surface area contributed by atoms with Crippen LogP contribution in [-0.4, -0.2) is 34.7 Å². The summed E-state index contributed by atoms with van der Waals surface area (Å²) in [6, 6.07) is 5.59. The van der Waals surface area contributed by atoms with Crippen molar-refractivity contribution in [2.24, 2.45) is 5.73 Å². The third kappa shape index (κ3) is 7.15. The van der Waals surface area contributed by atoms with Gasteiger partial charge in [0.25, 0.3) is 0 Å². The van der Waals surface area contributed by atoms with Gasteiger partial charge in [-0.25, -0.2) is 0 Å². The Kier molecular flexibility index (Phi) is 8.95. The van der Waals surface area contributed by atoms with Crippen molar-refractivity contribution in [3.05, 3.63) is 29.3 Å². The van der Waals surface area contributed by atoms with Crippen molar-refractivity contribution >= 4 is 17.6 Å².